The third-order valence-corrected chi connectivity index (χ3v) is 3.70. The number of anilines is 2. The highest BCUT2D eigenvalue weighted by Gasteiger charge is 2.04. The van der Waals surface area contributed by atoms with Gasteiger partial charge in [0.15, 0.2) is 0 Å². The van der Waals surface area contributed by atoms with Crippen molar-refractivity contribution in [3.63, 3.8) is 0 Å². The van der Waals surface area contributed by atoms with E-state index in [9.17, 15) is 0 Å². The minimum Gasteiger partial charge on any atom is -0.366 e. The molecule has 106 valence electrons. The van der Waals surface area contributed by atoms with Gasteiger partial charge in [-0.3, -0.25) is 0 Å². The molecular weight excluding hydrogens is 318 g/mol. The van der Waals surface area contributed by atoms with Gasteiger partial charge in [0, 0.05) is 37.2 Å². The first-order valence-corrected chi connectivity index (χ1v) is 7.20. The molecular formula is C14H18BrN5. The number of hydrogen-bond donors (Lipinski definition) is 2. The molecule has 0 aliphatic carbocycles. The molecule has 0 saturated carbocycles. The number of rotatable bonds is 6. The van der Waals surface area contributed by atoms with Crippen LogP contribution in [-0.4, -0.2) is 30.1 Å². The Morgan fingerprint density at radius 3 is 2.85 bits per heavy atom. The number of nitrogens with zero attached hydrogens (tertiary/aromatic N) is 3. The van der Waals surface area contributed by atoms with Crippen molar-refractivity contribution in [1.29, 1.82) is 0 Å². The first kappa shape index (κ1) is 14.7. The molecule has 1 aromatic heterocycles. The number of benzene rings is 1. The molecule has 3 N–H and O–H groups in total. The molecule has 1 aromatic carbocycles. The molecule has 0 fully saturated rings. The lowest BCUT2D eigenvalue weighted by Gasteiger charge is -2.17. The number of hydrogen-bond acceptors (Lipinski definition) is 5. The summed E-state index contributed by atoms with van der Waals surface area (Å²) in [7, 11) is 1.97. The fourth-order valence-electron chi connectivity index (χ4n) is 1.79. The number of nitrogens with one attached hydrogen (secondary N) is 1. The molecule has 0 amide bonds. The smallest absolute Gasteiger partial charge is 0.133 e. The standard InChI is InChI=1S/C14H18BrN5/c1-20(7-6-16)14-8-13(18-10-19-14)17-9-11-4-2-3-5-12(11)15/h2-5,8,10H,6-7,9,16H2,1H3,(H,17,18,19). The Kier molecular flexibility index (Phi) is 5.31. The Hall–Kier alpha value is -1.66. The van der Waals surface area contributed by atoms with Crippen molar-refractivity contribution in [2.45, 2.75) is 6.54 Å². The van der Waals surface area contributed by atoms with E-state index in [2.05, 4.69) is 37.3 Å². The van der Waals surface area contributed by atoms with Gasteiger partial charge in [-0.2, -0.15) is 0 Å². The fraction of sp³-hybridized carbons (Fsp3) is 0.286. The molecule has 2 aromatic rings. The van der Waals surface area contributed by atoms with E-state index in [1.54, 1.807) is 6.33 Å². The van der Waals surface area contributed by atoms with Gasteiger partial charge < -0.3 is 16.0 Å². The van der Waals surface area contributed by atoms with Crippen LogP contribution in [0, 0.1) is 0 Å². The number of aromatic nitrogens is 2. The highest BCUT2D eigenvalue weighted by molar-refractivity contribution is 9.10. The predicted octanol–water partition coefficient (Wildman–Crippen LogP) is 2.25. The second-order valence-corrected chi connectivity index (χ2v) is 5.27. The van der Waals surface area contributed by atoms with E-state index in [4.69, 9.17) is 5.73 Å². The molecule has 0 saturated heterocycles. The largest absolute Gasteiger partial charge is 0.366 e. The summed E-state index contributed by atoms with van der Waals surface area (Å²) >= 11 is 3.53. The summed E-state index contributed by atoms with van der Waals surface area (Å²) in [5, 5.41) is 3.30. The van der Waals surface area contributed by atoms with Gasteiger partial charge in [-0.1, -0.05) is 34.1 Å². The summed E-state index contributed by atoms with van der Waals surface area (Å²) in [6.45, 7) is 2.07. The van der Waals surface area contributed by atoms with E-state index < -0.39 is 0 Å². The minimum absolute atomic E-state index is 0.597. The van der Waals surface area contributed by atoms with E-state index in [0.717, 1.165) is 22.7 Å². The summed E-state index contributed by atoms with van der Waals surface area (Å²) in [5.41, 5.74) is 6.73. The first-order chi connectivity index (χ1) is 9.70. The third kappa shape index (κ3) is 3.91. The molecule has 0 bridgehead atoms. The quantitative estimate of drug-likeness (QED) is 0.847. The second-order valence-electron chi connectivity index (χ2n) is 4.42. The molecule has 6 heteroatoms. The molecule has 0 unspecified atom stereocenters. The Balaban J connectivity index is 2.03. The summed E-state index contributed by atoms with van der Waals surface area (Å²) in [6, 6.07) is 10.0. The lowest BCUT2D eigenvalue weighted by atomic mass is 10.2. The van der Waals surface area contributed by atoms with Crippen LogP contribution in [0.5, 0.6) is 0 Å². The average molecular weight is 336 g/mol. The van der Waals surface area contributed by atoms with Gasteiger partial charge in [0.1, 0.15) is 18.0 Å². The highest BCUT2D eigenvalue weighted by atomic mass is 79.9. The molecule has 0 spiro atoms. The second kappa shape index (κ2) is 7.21. The maximum atomic E-state index is 5.55. The van der Waals surface area contributed by atoms with Gasteiger partial charge in [-0.15, -0.1) is 0 Å². The lowest BCUT2D eigenvalue weighted by molar-refractivity contribution is 0.863. The average Bonchev–Trinajstić information content (AvgIpc) is 2.47. The van der Waals surface area contributed by atoms with Crippen LogP contribution in [0.25, 0.3) is 0 Å². The van der Waals surface area contributed by atoms with Crippen molar-refractivity contribution in [2.24, 2.45) is 5.73 Å². The molecule has 1 heterocycles. The summed E-state index contributed by atoms with van der Waals surface area (Å²) < 4.78 is 1.09. The van der Waals surface area contributed by atoms with Crippen molar-refractivity contribution >= 4 is 27.6 Å². The molecule has 0 radical (unpaired) electrons. The van der Waals surface area contributed by atoms with Gasteiger partial charge in [0.2, 0.25) is 0 Å². The Morgan fingerprint density at radius 2 is 2.10 bits per heavy atom. The third-order valence-electron chi connectivity index (χ3n) is 2.93. The zero-order chi connectivity index (χ0) is 14.4. The van der Waals surface area contributed by atoms with E-state index in [1.807, 2.05) is 36.2 Å². The minimum atomic E-state index is 0.597. The summed E-state index contributed by atoms with van der Waals surface area (Å²) in [4.78, 5) is 10.5. The van der Waals surface area contributed by atoms with Crippen LogP contribution in [0.2, 0.25) is 0 Å². The van der Waals surface area contributed by atoms with Crippen molar-refractivity contribution in [1.82, 2.24) is 9.97 Å². The van der Waals surface area contributed by atoms with Gasteiger partial charge in [0.05, 0.1) is 0 Å². The maximum Gasteiger partial charge on any atom is 0.133 e. The van der Waals surface area contributed by atoms with Crippen molar-refractivity contribution in [3.8, 4) is 0 Å². The number of likely N-dealkylation sites (N-methyl/N-ethyl adjacent to an activating group) is 1. The van der Waals surface area contributed by atoms with E-state index in [0.29, 0.717) is 13.1 Å². The normalized spacial score (nSPS) is 10.3. The molecule has 5 nitrogen and oxygen atoms in total. The predicted molar refractivity (Wildman–Crippen MR) is 85.8 cm³/mol. The zero-order valence-electron chi connectivity index (χ0n) is 11.4. The van der Waals surface area contributed by atoms with E-state index in [-0.39, 0.29) is 0 Å². The van der Waals surface area contributed by atoms with E-state index >= 15 is 0 Å². The van der Waals surface area contributed by atoms with Crippen molar-refractivity contribution in [2.75, 3.05) is 30.4 Å². The van der Waals surface area contributed by atoms with Crippen LogP contribution in [0.1, 0.15) is 5.56 Å². The first-order valence-electron chi connectivity index (χ1n) is 6.41. The van der Waals surface area contributed by atoms with Gasteiger partial charge in [0.25, 0.3) is 0 Å². The molecule has 20 heavy (non-hydrogen) atoms. The summed E-state index contributed by atoms with van der Waals surface area (Å²) in [6.07, 6.45) is 1.56. The Morgan fingerprint density at radius 1 is 1.30 bits per heavy atom. The topological polar surface area (TPSA) is 67.1 Å². The molecule has 0 atom stereocenters. The van der Waals surface area contributed by atoms with Crippen LogP contribution >= 0.6 is 15.9 Å². The Bertz CT molecular complexity index is 561. The van der Waals surface area contributed by atoms with Crippen molar-refractivity contribution in [3.05, 3.63) is 46.7 Å². The van der Waals surface area contributed by atoms with Crippen LogP contribution in [-0.2, 0) is 6.54 Å². The van der Waals surface area contributed by atoms with E-state index in [1.165, 1.54) is 5.56 Å². The van der Waals surface area contributed by atoms with Crippen LogP contribution in [0.4, 0.5) is 11.6 Å². The molecule has 0 aliphatic heterocycles. The van der Waals surface area contributed by atoms with Crippen molar-refractivity contribution < 1.29 is 0 Å². The van der Waals surface area contributed by atoms with Gasteiger partial charge in [-0.05, 0) is 11.6 Å². The van der Waals surface area contributed by atoms with Crippen LogP contribution < -0.4 is 16.0 Å². The van der Waals surface area contributed by atoms with Crippen LogP contribution in [0.15, 0.2) is 41.1 Å². The van der Waals surface area contributed by atoms with Crippen LogP contribution in [0.3, 0.4) is 0 Å². The lowest BCUT2D eigenvalue weighted by Crippen LogP contribution is -2.25. The Labute approximate surface area is 127 Å². The molecule has 2 rings (SSSR count). The zero-order valence-corrected chi connectivity index (χ0v) is 13.0. The SMILES string of the molecule is CN(CCN)c1cc(NCc2ccccc2Br)ncn1. The van der Waals surface area contributed by atoms with Gasteiger partial charge >= 0.3 is 0 Å². The number of halogens is 1. The van der Waals surface area contributed by atoms with Gasteiger partial charge in [-0.25, -0.2) is 9.97 Å². The highest BCUT2D eigenvalue weighted by Crippen LogP contribution is 2.18. The fourth-order valence-corrected chi connectivity index (χ4v) is 2.21. The maximum absolute atomic E-state index is 5.55. The molecule has 0 aliphatic rings. The monoisotopic (exact) mass is 335 g/mol. The number of nitrogens with two attached hydrogens (primary N) is 1. The summed E-state index contributed by atoms with van der Waals surface area (Å²) in [5.74, 6) is 1.66.